The highest BCUT2D eigenvalue weighted by Gasteiger charge is 2.41. The average Bonchev–Trinajstić information content (AvgIpc) is 3.12. The minimum absolute atomic E-state index is 0.233. The number of nitriles is 1. The molecule has 2 aromatic rings. The van der Waals surface area contributed by atoms with Gasteiger partial charge in [-0.05, 0) is 50.3 Å². The van der Waals surface area contributed by atoms with E-state index in [1.54, 1.807) is 12.1 Å². The summed E-state index contributed by atoms with van der Waals surface area (Å²) in [5.74, 6) is -2.59. The summed E-state index contributed by atoms with van der Waals surface area (Å²) in [5, 5.41) is 12.7. The van der Waals surface area contributed by atoms with Crippen molar-refractivity contribution in [1.82, 2.24) is 4.90 Å². The molecule has 0 spiro atoms. The summed E-state index contributed by atoms with van der Waals surface area (Å²) in [5.41, 5.74) is 1.94. The number of nitrogens with one attached hydrogen (secondary N) is 1. The van der Waals surface area contributed by atoms with Gasteiger partial charge in [-0.3, -0.25) is 19.3 Å². The van der Waals surface area contributed by atoms with E-state index >= 15 is 0 Å². The van der Waals surface area contributed by atoms with Crippen LogP contribution in [0.4, 0.5) is 5.00 Å². The summed E-state index contributed by atoms with van der Waals surface area (Å²) in [6.07, 6.45) is 4.89. The highest BCUT2D eigenvalue weighted by molar-refractivity contribution is 7.16. The van der Waals surface area contributed by atoms with Crippen molar-refractivity contribution in [2.75, 3.05) is 11.9 Å². The lowest BCUT2D eigenvalue weighted by Crippen LogP contribution is -2.44. The molecule has 1 aliphatic carbocycles. The Balaban J connectivity index is 1.38. The van der Waals surface area contributed by atoms with Crippen LogP contribution in [0.5, 0.6) is 0 Å². The second-order valence-corrected chi connectivity index (χ2v) is 8.84. The molecule has 0 bridgehead atoms. The molecule has 1 aromatic heterocycles. The molecular formula is C23H21N3O5S. The Bertz CT molecular complexity index is 1130. The molecule has 0 saturated carbocycles. The number of amides is 3. The molecule has 0 fully saturated rings. The van der Waals surface area contributed by atoms with Crippen LogP contribution in [0.15, 0.2) is 24.3 Å². The number of aryl methyl sites for hydroxylation is 1. The van der Waals surface area contributed by atoms with E-state index in [1.165, 1.54) is 30.4 Å². The van der Waals surface area contributed by atoms with Crippen molar-refractivity contribution in [3.8, 4) is 6.07 Å². The predicted octanol–water partition coefficient (Wildman–Crippen LogP) is 3.06. The van der Waals surface area contributed by atoms with E-state index < -0.39 is 36.3 Å². The number of anilines is 1. The van der Waals surface area contributed by atoms with Gasteiger partial charge in [-0.2, -0.15) is 5.26 Å². The van der Waals surface area contributed by atoms with Crippen LogP contribution in [0.3, 0.4) is 0 Å². The summed E-state index contributed by atoms with van der Waals surface area (Å²) in [6.45, 7) is 0.797. The first kappa shape index (κ1) is 21.7. The summed E-state index contributed by atoms with van der Waals surface area (Å²) < 4.78 is 5.07. The van der Waals surface area contributed by atoms with Crippen LogP contribution in [0, 0.1) is 11.3 Å². The molecular weight excluding hydrogens is 430 g/mol. The largest absolute Gasteiger partial charge is 0.454 e. The fraction of sp³-hybridized carbons (Fsp3) is 0.348. The molecule has 3 amide bonds. The van der Waals surface area contributed by atoms with Gasteiger partial charge < -0.3 is 10.1 Å². The van der Waals surface area contributed by atoms with Crippen molar-refractivity contribution in [1.29, 1.82) is 5.26 Å². The maximum Gasteiger partial charge on any atom is 0.329 e. The quantitative estimate of drug-likeness (QED) is 0.424. The molecule has 1 atom stereocenters. The molecule has 0 unspecified atom stereocenters. The molecule has 164 valence electrons. The van der Waals surface area contributed by atoms with Gasteiger partial charge in [0.2, 0.25) is 0 Å². The smallest absolute Gasteiger partial charge is 0.329 e. The van der Waals surface area contributed by atoms with E-state index in [1.807, 2.05) is 0 Å². The molecule has 9 heteroatoms. The molecule has 32 heavy (non-hydrogen) atoms. The van der Waals surface area contributed by atoms with Crippen LogP contribution >= 0.6 is 11.3 Å². The normalized spacial score (nSPS) is 15.9. The highest BCUT2D eigenvalue weighted by Crippen LogP contribution is 2.37. The first-order chi connectivity index (χ1) is 15.4. The number of hydrogen-bond acceptors (Lipinski definition) is 7. The third kappa shape index (κ3) is 3.89. The number of carbonyl (C=O) groups is 4. The zero-order valence-electron chi connectivity index (χ0n) is 17.5. The number of esters is 1. The molecule has 1 N–H and O–H groups in total. The van der Waals surface area contributed by atoms with Crippen LogP contribution in [0.1, 0.15) is 62.9 Å². The topological polar surface area (TPSA) is 117 Å². The van der Waals surface area contributed by atoms with Crippen molar-refractivity contribution < 1.29 is 23.9 Å². The van der Waals surface area contributed by atoms with E-state index in [0.717, 1.165) is 47.4 Å². The Hall–Kier alpha value is -3.51. The molecule has 4 rings (SSSR count). The molecule has 1 aromatic carbocycles. The monoisotopic (exact) mass is 451 g/mol. The molecule has 1 aliphatic heterocycles. The Morgan fingerprint density at radius 1 is 1.16 bits per heavy atom. The van der Waals surface area contributed by atoms with Crippen molar-refractivity contribution in [3.05, 3.63) is 51.4 Å². The predicted molar refractivity (Wildman–Crippen MR) is 116 cm³/mol. The van der Waals surface area contributed by atoms with Gasteiger partial charge in [0.05, 0.1) is 16.7 Å². The Labute approximate surface area is 188 Å². The Morgan fingerprint density at radius 2 is 1.81 bits per heavy atom. The number of nitrogens with zero attached hydrogens (tertiary/aromatic N) is 2. The van der Waals surface area contributed by atoms with Crippen molar-refractivity contribution in [2.24, 2.45) is 0 Å². The third-order valence-corrected chi connectivity index (χ3v) is 6.89. The maximum absolute atomic E-state index is 12.5. The van der Waals surface area contributed by atoms with Gasteiger partial charge >= 0.3 is 5.97 Å². The molecule has 2 aliphatic rings. The number of rotatable bonds is 5. The second kappa shape index (κ2) is 8.93. The lowest BCUT2D eigenvalue weighted by atomic mass is 10.1. The van der Waals surface area contributed by atoms with Crippen LogP contribution < -0.4 is 5.32 Å². The highest BCUT2D eigenvalue weighted by atomic mass is 32.1. The zero-order chi connectivity index (χ0) is 22.8. The van der Waals surface area contributed by atoms with Gasteiger partial charge in [-0.1, -0.05) is 18.6 Å². The third-order valence-electron chi connectivity index (χ3n) is 5.69. The first-order valence-corrected chi connectivity index (χ1v) is 11.2. The van der Waals surface area contributed by atoms with Crippen LogP contribution in [0.25, 0.3) is 0 Å². The fourth-order valence-electron chi connectivity index (χ4n) is 4.03. The summed E-state index contributed by atoms with van der Waals surface area (Å²) in [7, 11) is 0. The van der Waals surface area contributed by atoms with Crippen molar-refractivity contribution in [2.45, 2.75) is 45.1 Å². The zero-order valence-corrected chi connectivity index (χ0v) is 18.3. The number of imide groups is 1. The average molecular weight is 452 g/mol. The van der Waals surface area contributed by atoms with Gasteiger partial charge in [0.15, 0.2) is 6.61 Å². The van der Waals surface area contributed by atoms with Gasteiger partial charge in [0, 0.05) is 4.88 Å². The maximum atomic E-state index is 12.5. The molecule has 0 radical (unpaired) electrons. The summed E-state index contributed by atoms with van der Waals surface area (Å²) in [4.78, 5) is 51.8. The number of ether oxygens (including phenoxy) is 1. The van der Waals surface area contributed by atoms with Gasteiger partial charge in [0.25, 0.3) is 17.7 Å². The fourth-order valence-corrected chi connectivity index (χ4v) is 5.29. The van der Waals surface area contributed by atoms with E-state index in [-0.39, 0.29) is 11.1 Å². The Morgan fingerprint density at radius 3 is 2.47 bits per heavy atom. The lowest BCUT2D eigenvalue weighted by Gasteiger charge is -2.20. The standard InChI is InChI=1S/C23H21N3O5S/c1-13(26-21(28)15-8-5-6-9-16(15)22(26)29)23(30)31-12-19(27)25-20-17(11-24)14-7-3-2-4-10-18(14)32-20/h5-6,8-9,13H,2-4,7,10,12H2,1H3,(H,25,27)/t13-/m1/s1. The van der Waals surface area contributed by atoms with E-state index in [9.17, 15) is 24.4 Å². The lowest BCUT2D eigenvalue weighted by molar-refractivity contribution is -0.150. The van der Waals surface area contributed by atoms with Gasteiger partial charge in [-0.15, -0.1) is 11.3 Å². The molecule has 2 heterocycles. The first-order valence-electron chi connectivity index (χ1n) is 10.4. The number of carbonyl (C=O) groups excluding carboxylic acids is 4. The SMILES string of the molecule is C[C@H](C(=O)OCC(=O)Nc1sc2c(c1C#N)CCCCC2)N1C(=O)c2ccccc2C1=O. The summed E-state index contributed by atoms with van der Waals surface area (Å²) >= 11 is 1.39. The minimum Gasteiger partial charge on any atom is -0.454 e. The number of hydrogen-bond donors (Lipinski definition) is 1. The van der Waals surface area contributed by atoms with Gasteiger partial charge in [-0.25, -0.2) is 4.79 Å². The molecule has 0 saturated heterocycles. The van der Waals surface area contributed by atoms with E-state index in [4.69, 9.17) is 4.74 Å². The van der Waals surface area contributed by atoms with E-state index in [2.05, 4.69) is 11.4 Å². The van der Waals surface area contributed by atoms with E-state index in [0.29, 0.717) is 10.6 Å². The van der Waals surface area contributed by atoms with Crippen LogP contribution in [0.2, 0.25) is 0 Å². The number of benzene rings is 1. The van der Waals surface area contributed by atoms with Crippen molar-refractivity contribution >= 4 is 40.0 Å². The van der Waals surface area contributed by atoms with Crippen LogP contribution in [-0.4, -0.2) is 41.2 Å². The van der Waals surface area contributed by atoms with Crippen LogP contribution in [-0.2, 0) is 27.2 Å². The molecule has 8 nitrogen and oxygen atoms in total. The van der Waals surface area contributed by atoms with Crippen molar-refractivity contribution in [3.63, 3.8) is 0 Å². The number of thiophene rings is 1. The summed E-state index contributed by atoms with van der Waals surface area (Å²) in [6, 6.07) is 7.33. The van der Waals surface area contributed by atoms with Gasteiger partial charge in [0.1, 0.15) is 17.1 Å². The number of fused-ring (bicyclic) bond motifs is 2. The Kier molecular flexibility index (Phi) is 6.06. The second-order valence-electron chi connectivity index (χ2n) is 7.74. The minimum atomic E-state index is -1.18.